The molecule has 2 aliphatic carbocycles. The molecular formula is C36H49NO2. The van der Waals surface area contributed by atoms with Crippen molar-refractivity contribution in [1.82, 2.24) is 0 Å². The van der Waals surface area contributed by atoms with Crippen LogP contribution in [-0.4, -0.2) is 25.0 Å². The number of rotatable bonds is 7. The van der Waals surface area contributed by atoms with Crippen LogP contribution in [-0.2, 0) is 10.2 Å². The molecule has 2 bridgehead atoms. The number of methoxy groups -OCH3 is 1. The quantitative estimate of drug-likeness (QED) is 0.221. The molecule has 210 valence electrons. The highest BCUT2D eigenvalue weighted by Crippen LogP contribution is 2.62. The van der Waals surface area contributed by atoms with Gasteiger partial charge >= 0.3 is 0 Å². The Labute approximate surface area is 237 Å². The number of nitrogens with zero attached hydrogens (tertiary/aromatic N) is 1. The SMILES string of the molecule is C=C/C(=C\C(=NC)c1cc(C(C)C)ccc1-c1cc(C)cc(C23CC(CC(C)(C)C2)CC(C)(C)C3)c1O)OC. The molecule has 1 N–H and O–H groups in total. The van der Waals surface area contributed by atoms with E-state index in [2.05, 4.69) is 90.4 Å². The Balaban J connectivity index is 1.97. The fraction of sp³-hybridized carbons (Fsp3) is 0.528. The van der Waals surface area contributed by atoms with E-state index in [1.807, 2.05) is 13.1 Å². The molecule has 2 aromatic rings. The predicted molar refractivity (Wildman–Crippen MR) is 166 cm³/mol. The van der Waals surface area contributed by atoms with Gasteiger partial charge in [0.05, 0.1) is 12.8 Å². The minimum Gasteiger partial charge on any atom is -0.507 e. The van der Waals surface area contributed by atoms with E-state index in [1.54, 1.807) is 13.2 Å². The van der Waals surface area contributed by atoms with Gasteiger partial charge in [-0.3, -0.25) is 4.99 Å². The first-order valence-corrected chi connectivity index (χ1v) is 14.6. The third-order valence-corrected chi connectivity index (χ3v) is 9.05. The first kappa shape index (κ1) is 29.2. The van der Waals surface area contributed by atoms with Gasteiger partial charge in [-0.05, 0) is 96.6 Å². The van der Waals surface area contributed by atoms with E-state index in [0.717, 1.165) is 47.2 Å². The molecule has 0 aliphatic heterocycles. The Morgan fingerprint density at radius 1 is 1.03 bits per heavy atom. The van der Waals surface area contributed by atoms with Gasteiger partial charge in [0.15, 0.2) is 0 Å². The third kappa shape index (κ3) is 5.88. The zero-order valence-electron chi connectivity index (χ0n) is 25.7. The van der Waals surface area contributed by atoms with Gasteiger partial charge in [0, 0.05) is 35.2 Å². The molecular weight excluding hydrogens is 478 g/mol. The zero-order chi connectivity index (χ0) is 28.8. The Bertz CT molecular complexity index is 1290. The van der Waals surface area contributed by atoms with Gasteiger partial charge in [-0.15, -0.1) is 0 Å². The fourth-order valence-electron chi connectivity index (χ4n) is 8.17. The number of phenols is 1. The van der Waals surface area contributed by atoms with Crippen molar-refractivity contribution in [2.45, 2.75) is 91.9 Å². The third-order valence-electron chi connectivity index (χ3n) is 9.05. The standard InChI is InChI=1S/C36H49NO2/c1-11-27(39-10)17-32(37-9)29-16-26(23(2)3)12-13-28(29)30-14-24(4)15-31(33(30)38)36-20-25(18-34(5,6)21-36)19-35(7,8)22-36/h11-17,23,25,38H,1,18-22H2,2-10H3/b27-17+,37-32?. The van der Waals surface area contributed by atoms with Crippen molar-refractivity contribution in [1.29, 1.82) is 0 Å². The molecule has 0 saturated heterocycles. The number of phenolic OH excluding ortho intramolecular Hbond substituents is 1. The van der Waals surface area contributed by atoms with E-state index in [-0.39, 0.29) is 16.2 Å². The highest BCUT2D eigenvalue weighted by atomic mass is 16.5. The van der Waals surface area contributed by atoms with E-state index >= 15 is 0 Å². The van der Waals surface area contributed by atoms with E-state index in [1.165, 1.54) is 24.0 Å². The minimum atomic E-state index is -0.0231. The van der Waals surface area contributed by atoms with Gasteiger partial charge in [-0.1, -0.05) is 66.3 Å². The van der Waals surface area contributed by atoms with E-state index in [9.17, 15) is 5.11 Å². The van der Waals surface area contributed by atoms with Gasteiger partial charge < -0.3 is 9.84 Å². The lowest BCUT2D eigenvalue weighted by atomic mass is 9.48. The van der Waals surface area contributed by atoms with Crippen LogP contribution in [0.4, 0.5) is 0 Å². The molecule has 0 aromatic heterocycles. The summed E-state index contributed by atoms with van der Waals surface area (Å²) in [6.45, 7) is 20.2. The molecule has 39 heavy (non-hydrogen) atoms. The molecule has 2 aromatic carbocycles. The van der Waals surface area contributed by atoms with E-state index in [0.29, 0.717) is 23.3 Å². The first-order chi connectivity index (χ1) is 18.2. The lowest BCUT2D eigenvalue weighted by Gasteiger charge is -2.57. The molecule has 0 unspecified atom stereocenters. The lowest BCUT2D eigenvalue weighted by molar-refractivity contribution is -0.00584. The largest absolute Gasteiger partial charge is 0.507 e. The minimum absolute atomic E-state index is 0.0231. The average Bonchev–Trinajstić information content (AvgIpc) is 2.83. The summed E-state index contributed by atoms with van der Waals surface area (Å²) < 4.78 is 5.51. The Morgan fingerprint density at radius 3 is 2.21 bits per heavy atom. The van der Waals surface area contributed by atoms with Crippen molar-refractivity contribution >= 4 is 5.71 Å². The number of hydrogen-bond acceptors (Lipinski definition) is 3. The number of aromatic hydroxyl groups is 1. The molecule has 2 fully saturated rings. The van der Waals surface area contributed by atoms with Crippen molar-refractivity contribution in [3.05, 3.63) is 77.1 Å². The van der Waals surface area contributed by atoms with Crippen molar-refractivity contribution in [2.24, 2.45) is 21.7 Å². The van der Waals surface area contributed by atoms with Crippen LogP contribution in [0.1, 0.15) is 102 Å². The second-order valence-electron chi connectivity index (χ2n) is 14.2. The molecule has 0 heterocycles. The molecule has 2 saturated carbocycles. The second-order valence-corrected chi connectivity index (χ2v) is 14.2. The van der Waals surface area contributed by atoms with Crippen molar-refractivity contribution in [2.75, 3.05) is 14.2 Å². The van der Waals surface area contributed by atoms with E-state index < -0.39 is 0 Å². The fourth-order valence-corrected chi connectivity index (χ4v) is 8.17. The Hall–Kier alpha value is -2.81. The lowest BCUT2D eigenvalue weighted by Crippen LogP contribution is -2.48. The summed E-state index contributed by atoms with van der Waals surface area (Å²) in [5.74, 6) is 2.15. The summed E-state index contributed by atoms with van der Waals surface area (Å²) in [5, 5.41) is 12.2. The smallest absolute Gasteiger partial charge is 0.127 e. The normalized spacial score (nSPS) is 24.5. The number of fused-ring (bicyclic) bond motifs is 2. The van der Waals surface area contributed by atoms with Crippen molar-refractivity contribution in [3.63, 3.8) is 0 Å². The maximum absolute atomic E-state index is 12.2. The monoisotopic (exact) mass is 527 g/mol. The number of aryl methyl sites for hydroxylation is 1. The molecule has 2 aliphatic rings. The molecule has 0 atom stereocenters. The topological polar surface area (TPSA) is 41.8 Å². The summed E-state index contributed by atoms with van der Waals surface area (Å²) in [7, 11) is 3.46. The highest BCUT2D eigenvalue weighted by Gasteiger charge is 2.53. The number of ether oxygens (including phenoxy) is 1. The van der Waals surface area contributed by atoms with Crippen LogP contribution in [0.2, 0.25) is 0 Å². The summed E-state index contributed by atoms with van der Waals surface area (Å²) in [5.41, 5.74) is 7.73. The summed E-state index contributed by atoms with van der Waals surface area (Å²) >= 11 is 0. The Morgan fingerprint density at radius 2 is 1.67 bits per heavy atom. The molecule has 3 heteroatoms. The number of allylic oxidation sites excluding steroid dienone is 2. The first-order valence-electron chi connectivity index (χ1n) is 14.6. The Kier molecular flexibility index (Phi) is 7.96. The van der Waals surface area contributed by atoms with Crippen LogP contribution in [0.15, 0.2) is 59.8 Å². The molecule has 0 radical (unpaired) electrons. The van der Waals surface area contributed by atoms with Crippen LogP contribution >= 0.6 is 0 Å². The molecule has 4 rings (SSSR count). The summed E-state index contributed by atoms with van der Waals surface area (Å²) in [4.78, 5) is 4.66. The van der Waals surface area contributed by atoms with E-state index in [4.69, 9.17) is 4.74 Å². The molecule has 3 nitrogen and oxygen atoms in total. The van der Waals surface area contributed by atoms with Crippen LogP contribution in [0.25, 0.3) is 11.1 Å². The number of hydrogen-bond donors (Lipinski definition) is 1. The summed E-state index contributed by atoms with van der Waals surface area (Å²) in [6.07, 6.45) is 9.55. The predicted octanol–water partition coefficient (Wildman–Crippen LogP) is 9.51. The van der Waals surface area contributed by atoms with Crippen LogP contribution < -0.4 is 0 Å². The van der Waals surface area contributed by atoms with Crippen LogP contribution in [0, 0.1) is 23.7 Å². The van der Waals surface area contributed by atoms with Crippen molar-refractivity contribution in [3.8, 4) is 16.9 Å². The zero-order valence-corrected chi connectivity index (χ0v) is 25.7. The number of aliphatic imine (C=N–C) groups is 1. The van der Waals surface area contributed by atoms with Gasteiger partial charge in [-0.25, -0.2) is 0 Å². The maximum Gasteiger partial charge on any atom is 0.127 e. The highest BCUT2D eigenvalue weighted by molar-refractivity contribution is 6.13. The average molecular weight is 528 g/mol. The second kappa shape index (κ2) is 10.6. The van der Waals surface area contributed by atoms with Crippen molar-refractivity contribution < 1.29 is 9.84 Å². The molecule has 0 amide bonds. The molecule has 0 spiro atoms. The van der Waals surface area contributed by atoms with Gasteiger partial charge in [-0.2, -0.15) is 0 Å². The van der Waals surface area contributed by atoms with Crippen LogP contribution in [0.3, 0.4) is 0 Å². The van der Waals surface area contributed by atoms with Gasteiger partial charge in [0.2, 0.25) is 0 Å². The van der Waals surface area contributed by atoms with Gasteiger partial charge in [0.25, 0.3) is 0 Å². The van der Waals surface area contributed by atoms with Gasteiger partial charge in [0.1, 0.15) is 11.5 Å². The summed E-state index contributed by atoms with van der Waals surface area (Å²) in [6, 6.07) is 11.0. The number of benzene rings is 2. The maximum atomic E-state index is 12.2. The van der Waals surface area contributed by atoms with Crippen LogP contribution in [0.5, 0.6) is 5.75 Å².